The minimum Gasteiger partial charge on any atom is -0.465 e. The van der Waals surface area contributed by atoms with Crippen LogP contribution in [0.25, 0.3) is 11.1 Å². The molecule has 1 heterocycles. The number of rotatable bonds is 4. The standard InChI is InChI=1S/C20H15F2NO3S/c1-11-16(12-7-9-13(21)10-8-12)17(20(25)26-2)19(27-11)23-18(24)14-5-3-4-6-15(14)22/h3-10H,1-2H3,(H,23,24). The molecular weight excluding hydrogens is 372 g/mol. The Morgan fingerprint density at radius 2 is 1.70 bits per heavy atom. The highest BCUT2D eigenvalue weighted by molar-refractivity contribution is 7.17. The lowest BCUT2D eigenvalue weighted by Gasteiger charge is -2.08. The van der Waals surface area contributed by atoms with Crippen LogP contribution in [0.2, 0.25) is 0 Å². The van der Waals surface area contributed by atoms with E-state index in [4.69, 9.17) is 4.74 Å². The van der Waals surface area contributed by atoms with Gasteiger partial charge in [-0.1, -0.05) is 24.3 Å². The first-order chi connectivity index (χ1) is 12.9. The fourth-order valence-electron chi connectivity index (χ4n) is 2.71. The predicted molar refractivity (Wildman–Crippen MR) is 100 cm³/mol. The average molecular weight is 387 g/mol. The number of esters is 1. The largest absolute Gasteiger partial charge is 0.465 e. The number of anilines is 1. The van der Waals surface area contributed by atoms with E-state index in [1.165, 1.54) is 37.4 Å². The monoisotopic (exact) mass is 387 g/mol. The topological polar surface area (TPSA) is 55.4 Å². The summed E-state index contributed by atoms with van der Waals surface area (Å²) in [6.07, 6.45) is 0. The second kappa shape index (κ2) is 7.67. The molecule has 3 aromatic rings. The molecule has 138 valence electrons. The maximum absolute atomic E-state index is 13.9. The molecule has 0 aliphatic rings. The number of aryl methyl sites for hydroxylation is 1. The van der Waals surface area contributed by atoms with Gasteiger partial charge in [0.15, 0.2) is 0 Å². The number of nitrogens with one attached hydrogen (secondary N) is 1. The summed E-state index contributed by atoms with van der Waals surface area (Å²) in [5, 5.41) is 2.83. The van der Waals surface area contributed by atoms with Gasteiger partial charge in [-0.15, -0.1) is 11.3 Å². The molecule has 4 nitrogen and oxygen atoms in total. The highest BCUT2D eigenvalue weighted by atomic mass is 32.1. The summed E-state index contributed by atoms with van der Waals surface area (Å²) in [5.41, 5.74) is 1.16. The summed E-state index contributed by atoms with van der Waals surface area (Å²) in [6.45, 7) is 1.77. The first-order valence-corrected chi connectivity index (χ1v) is 8.77. The number of methoxy groups -OCH3 is 1. The Hall–Kier alpha value is -3.06. The summed E-state index contributed by atoms with van der Waals surface area (Å²) < 4.78 is 32.0. The number of thiophene rings is 1. The molecule has 0 atom stereocenters. The molecule has 0 saturated heterocycles. The molecule has 1 amide bonds. The van der Waals surface area contributed by atoms with E-state index in [-0.39, 0.29) is 16.1 Å². The van der Waals surface area contributed by atoms with Gasteiger partial charge in [-0.2, -0.15) is 0 Å². The van der Waals surface area contributed by atoms with Crippen molar-refractivity contribution in [1.82, 2.24) is 0 Å². The van der Waals surface area contributed by atoms with Gasteiger partial charge >= 0.3 is 5.97 Å². The Morgan fingerprint density at radius 1 is 1.04 bits per heavy atom. The fourth-order valence-corrected chi connectivity index (χ4v) is 3.77. The zero-order chi connectivity index (χ0) is 19.6. The summed E-state index contributed by atoms with van der Waals surface area (Å²) in [4.78, 5) is 25.6. The zero-order valence-corrected chi connectivity index (χ0v) is 15.3. The Bertz CT molecular complexity index is 1010. The number of hydrogen-bond donors (Lipinski definition) is 1. The van der Waals surface area contributed by atoms with Gasteiger partial charge in [0.25, 0.3) is 5.91 Å². The number of halogens is 2. The summed E-state index contributed by atoms with van der Waals surface area (Å²) in [6, 6.07) is 11.2. The zero-order valence-electron chi connectivity index (χ0n) is 14.5. The molecule has 0 fully saturated rings. The predicted octanol–water partition coefficient (Wildman–Crippen LogP) is 5.04. The number of amides is 1. The molecule has 1 aromatic heterocycles. The van der Waals surface area contributed by atoms with E-state index in [1.807, 2.05) is 0 Å². The molecule has 0 bridgehead atoms. The lowest BCUT2D eigenvalue weighted by molar-refractivity contribution is 0.0603. The van der Waals surface area contributed by atoms with E-state index in [2.05, 4.69) is 5.32 Å². The van der Waals surface area contributed by atoms with Gasteiger partial charge in [0, 0.05) is 10.4 Å². The number of benzene rings is 2. The van der Waals surface area contributed by atoms with E-state index in [1.54, 1.807) is 25.1 Å². The Labute approximate surface area is 158 Å². The van der Waals surface area contributed by atoms with E-state index in [0.717, 1.165) is 16.2 Å². The molecule has 0 radical (unpaired) electrons. The van der Waals surface area contributed by atoms with Crippen molar-refractivity contribution in [3.05, 3.63) is 76.2 Å². The van der Waals surface area contributed by atoms with Gasteiger partial charge < -0.3 is 10.1 Å². The van der Waals surface area contributed by atoms with Crippen LogP contribution in [0.4, 0.5) is 13.8 Å². The van der Waals surface area contributed by atoms with Crippen LogP contribution in [0, 0.1) is 18.6 Å². The molecule has 7 heteroatoms. The van der Waals surface area contributed by atoms with Gasteiger partial charge in [-0.05, 0) is 36.8 Å². The maximum Gasteiger partial charge on any atom is 0.341 e. The van der Waals surface area contributed by atoms with Crippen LogP contribution < -0.4 is 5.32 Å². The van der Waals surface area contributed by atoms with Crippen LogP contribution in [-0.4, -0.2) is 19.0 Å². The van der Waals surface area contributed by atoms with E-state index in [9.17, 15) is 18.4 Å². The first kappa shape index (κ1) is 18.7. The molecule has 0 spiro atoms. The molecule has 27 heavy (non-hydrogen) atoms. The van der Waals surface area contributed by atoms with E-state index in [0.29, 0.717) is 11.1 Å². The molecule has 1 N–H and O–H groups in total. The molecule has 0 saturated carbocycles. The highest BCUT2D eigenvalue weighted by Gasteiger charge is 2.26. The summed E-state index contributed by atoms with van der Waals surface area (Å²) in [5.74, 6) is -2.39. The third-order valence-corrected chi connectivity index (χ3v) is 4.97. The maximum atomic E-state index is 13.9. The van der Waals surface area contributed by atoms with Crippen molar-refractivity contribution in [2.45, 2.75) is 6.92 Å². The molecule has 2 aromatic carbocycles. The minimum absolute atomic E-state index is 0.136. The Balaban J connectivity index is 2.07. The average Bonchev–Trinajstić information content (AvgIpc) is 2.97. The van der Waals surface area contributed by atoms with Gasteiger partial charge in [-0.25, -0.2) is 13.6 Å². The van der Waals surface area contributed by atoms with Crippen molar-refractivity contribution in [2.75, 3.05) is 12.4 Å². The smallest absolute Gasteiger partial charge is 0.341 e. The number of hydrogen-bond acceptors (Lipinski definition) is 4. The minimum atomic E-state index is -0.676. The van der Waals surface area contributed by atoms with Gasteiger partial charge in [0.2, 0.25) is 0 Å². The molecular formula is C20H15F2NO3S. The lowest BCUT2D eigenvalue weighted by atomic mass is 10.0. The Morgan fingerprint density at radius 3 is 2.33 bits per heavy atom. The van der Waals surface area contributed by atoms with Gasteiger partial charge in [-0.3, -0.25) is 4.79 Å². The molecule has 0 aliphatic heterocycles. The lowest BCUT2D eigenvalue weighted by Crippen LogP contribution is -2.15. The molecule has 0 aliphatic carbocycles. The second-order valence-electron chi connectivity index (χ2n) is 5.67. The normalized spacial score (nSPS) is 10.5. The third-order valence-electron chi connectivity index (χ3n) is 3.95. The van der Waals surface area contributed by atoms with Crippen molar-refractivity contribution < 1.29 is 23.1 Å². The molecule has 0 unspecified atom stereocenters. The van der Waals surface area contributed by atoms with Crippen molar-refractivity contribution in [2.24, 2.45) is 0 Å². The van der Waals surface area contributed by atoms with Crippen molar-refractivity contribution in [3.8, 4) is 11.1 Å². The van der Waals surface area contributed by atoms with Crippen LogP contribution in [0.15, 0.2) is 48.5 Å². The fraction of sp³-hybridized carbons (Fsp3) is 0.100. The Kier molecular flexibility index (Phi) is 5.32. The van der Waals surface area contributed by atoms with E-state index >= 15 is 0 Å². The van der Waals surface area contributed by atoms with Crippen molar-refractivity contribution in [1.29, 1.82) is 0 Å². The first-order valence-electron chi connectivity index (χ1n) is 7.96. The SMILES string of the molecule is COC(=O)c1c(NC(=O)c2ccccc2F)sc(C)c1-c1ccc(F)cc1. The summed E-state index contributed by atoms with van der Waals surface area (Å²) in [7, 11) is 1.23. The van der Waals surface area contributed by atoms with Crippen LogP contribution in [0.3, 0.4) is 0 Å². The van der Waals surface area contributed by atoms with Crippen LogP contribution in [0.1, 0.15) is 25.6 Å². The van der Waals surface area contributed by atoms with Gasteiger partial charge in [0.05, 0.1) is 12.7 Å². The van der Waals surface area contributed by atoms with E-state index < -0.39 is 23.5 Å². The second-order valence-corrected chi connectivity index (χ2v) is 6.89. The van der Waals surface area contributed by atoms with Gasteiger partial charge in [0.1, 0.15) is 22.2 Å². The number of ether oxygens (including phenoxy) is 1. The molecule has 3 rings (SSSR count). The van der Waals surface area contributed by atoms with Crippen LogP contribution in [0.5, 0.6) is 0 Å². The summed E-state index contributed by atoms with van der Waals surface area (Å²) >= 11 is 1.16. The van der Waals surface area contributed by atoms with Crippen molar-refractivity contribution >= 4 is 28.2 Å². The third kappa shape index (κ3) is 3.73. The number of carbonyl (C=O) groups is 2. The van der Waals surface area contributed by atoms with Crippen LogP contribution >= 0.6 is 11.3 Å². The van der Waals surface area contributed by atoms with Crippen molar-refractivity contribution in [3.63, 3.8) is 0 Å². The quantitative estimate of drug-likeness (QED) is 0.638. The highest BCUT2D eigenvalue weighted by Crippen LogP contribution is 2.40. The van der Waals surface area contributed by atoms with Crippen LogP contribution in [-0.2, 0) is 4.74 Å². The number of carbonyl (C=O) groups excluding carboxylic acids is 2.